The Balaban J connectivity index is 1.24. The third-order valence-electron chi connectivity index (χ3n) is 4.70. The van der Waals surface area contributed by atoms with Crippen LogP contribution in [0.3, 0.4) is 0 Å². The van der Waals surface area contributed by atoms with Crippen LogP contribution in [-0.2, 0) is 25.8 Å². The largest absolute Gasteiger partial charge is 0.338 e. The number of aromatic nitrogens is 2. The zero-order valence-corrected chi connectivity index (χ0v) is 14.2. The molecule has 1 aliphatic rings. The van der Waals surface area contributed by atoms with Crippen LogP contribution >= 0.6 is 0 Å². The molecule has 5 heteroatoms. The Morgan fingerprint density at radius 2 is 2.04 bits per heavy atom. The van der Waals surface area contributed by atoms with Crippen LogP contribution in [-0.4, -0.2) is 22.0 Å². The molecule has 25 heavy (non-hydrogen) atoms. The fourth-order valence-corrected chi connectivity index (χ4v) is 3.39. The second-order valence-electron chi connectivity index (χ2n) is 6.51. The van der Waals surface area contributed by atoms with Crippen molar-refractivity contribution in [3.05, 3.63) is 71.2 Å². The van der Waals surface area contributed by atoms with Gasteiger partial charge in [-0.25, -0.2) is 9.78 Å². The van der Waals surface area contributed by atoms with Crippen LogP contribution in [0.15, 0.2) is 48.8 Å². The van der Waals surface area contributed by atoms with E-state index < -0.39 is 0 Å². The summed E-state index contributed by atoms with van der Waals surface area (Å²) >= 11 is 0. The minimum Gasteiger partial charge on any atom is -0.338 e. The summed E-state index contributed by atoms with van der Waals surface area (Å²) in [7, 11) is 0. The van der Waals surface area contributed by atoms with Crippen molar-refractivity contribution in [1.82, 2.24) is 20.0 Å². The molecule has 0 saturated carbocycles. The number of amides is 2. The molecule has 0 bridgehead atoms. The molecule has 3 aromatic rings. The van der Waals surface area contributed by atoms with Crippen molar-refractivity contribution in [2.75, 3.05) is 6.54 Å². The lowest BCUT2D eigenvalue weighted by molar-refractivity contribution is 0.240. The Morgan fingerprint density at radius 3 is 2.96 bits per heavy atom. The van der Waals surface area contributed by atoms with Crippen LogP contribution in [0.5, 0.6) is 0 Å². The lowest BCUT2D eigenvalue weighted by Gasteiger charge is -2.08. The van der Waals surface area contributed by atoms with Crippen LogP contribution in [0, 0.1) is 0 Å². The van der Waals surface area contributed by atoms with Crippen molar-refractivity contribution in [2.45, 2.75) is 32.2 Å². The first-order chi connectivity index (χ1) is 12.3. The Labute approximate surface area is 147 Å². The molecule has 1 aromatic carbocycles. The molecule has 0 aliphatic heterocycles. The van der Waals surface area contributed by atoms with E-state index in [0.717, 1.165) is 23.3 Å². The minimum absolute atomic E-state index is 0.135. The van der Waals surface area contributed by atoms with E-state index in [2.05, 4.69) is 33.8 Å². The molecule has 0 fully saturated rings. The highest BCUT2D eigenvalue weighted by atomic mass is 16.2. The van der Waals surface area contributed by atoms with Gasteiger partial charge in [0.1, 0.15) is 5.65 Å². The third-order valence-corrected chi connectivity index (χ3v) is 4.70. The van der Waals surface area contributed by atoms with Gasteiger partial charge in [-0.3, -0.25) is 0 Å². The van der Waals surface area contributed by atoms with Crippen LogP contribution in [0.25, 0.3) is 5.65 Å². The summed E-state index contributed by atoms with van der Waals surface area (Å²) in [5.41, 5.74) is 5.96. The highest BCUT2D eigenvalue weighted by Crippen LogP contribution is 2.22. The Kier molecular flexibility index (Phi) is 4.37. The van der Waals surface area contributed by atoms with Gasteiger partial charge in [0.05, 0.1) is 5.69 Å². The molecule has 0 spiro atoms. The summed E-state index contributed by atoms with van der Waals surface area (Å²) < 4.78 is 1.99. The standard InChI is InChI=1S/C20H22N4O/c25-20(22-13-15-7-8-16-4-3-5-17(16)12-15)21-10-9-18-14-24-11-2-1-6-19(24)23-18/h1-2,6-8,11-12,14H,3-5,9-10,13H2,(H2,21,22,25). The second-order valence-corrected chi connectivity index (χ2v) is 6.51. The van der Waals surface area contributed by atoms with Gasteiger partial charge in [0.2, 0.25) is 0 Å². The fraction of sp³-hybridized carbons (Fsp3) is 0.300. The van der Waals surface area contributed by atoms with Crippen molar-refractivity contribution < 1.29 is 4.79 Å². The first-order valence-electron chi connectivity index (χ1n) is 8.83. The number of pyridine rings is 1. The summed E-state index contributed by atoms with van der Waals surface area (Å²) in [6.45, 7) is 1.13. The molecule has 0 unspecified atom stereocenters. The number of carbonyl (C=O) groups is 1. The van der Waals surface area contributed by atoms with Gasteiger partial charge in [0.25, 0.3) is 0 Å². The highest BCUT2D eigenvalue weighted by molar-refractivity contribution is 5.73. The average Bonchev–Trinajstić information content (AvgIpc) is 3.25. The summed E-state index contributed by atoms with van der Waals surface area (Å²) in [5.74, 6) is 0. The zero-order valence-electron chi connectivity index (χ0n) is 14.2. The number of benzene rings is 1. The van der Waals surface area contributed by atoms with E-state index in [1.807, 2.05) is 35.0 Å². The molecule has 5 nitrogen and oxygen atoms in total. The molecule has 0 atom stereocenters. The number of urea groups is 1. The Morgan fingerprint density at radius 1 is 1.12 bits per heavy atom. The smallest absolute Gasteiger partial charge is 0.315 e. The summed E-state index contributed by atoms with van der Waals surface area (Å²) in [6, 6.07) is 12.3. The number of rotatable bonds is 5. The lowest BCUT2D eigenvalue weighted by Crippen LogP contribution is -2.36. The molecule has 2 amide bonds. The van der Waals surface area contributed by atoms with E-state index in [9.17, 15) is 4.79 Å². The maximum absolute atomic E-state index is 12.0. The molecule has 4 rings (SSSR count). The van der Waals surface area contributed by atoms with E-state index in [4.69, 9.17) is 0 Å². The van der Waals surface area contributed by atoms with Gasteiger partial charge >= 0.3 is 6.03 Å². The summed E-state index contributed by atoms with van der Waals surface area (Å²) in [6.07, 6.45) is 8.28. The number of nitrogens with one attached hydrogen (secondary N) is 2. The number of aryl methyl sites for hydroxylation is 2. The van der Waals surface area contributed by atoms with Gasteiger partial charge in [-0.2, -0.15) is 0 Å². The van der Waals surface area contributed by atoms with E-state index in [-0.39, 0.29) is 6.03 Å². The van der Waals surface area contributed by atoms with Crippen LogP contribution in [0.4, 0.5) is 4.79 Å². The Hall–Kier alpha value is -2.82. The number of hydrogen-bond acceptors (Lipinski definition) is 2. The summed E-state index contributed by atoms with van der Waals surface area (Å²) in [5, 5.41) is 5.83. The third kappa shape index (κ3) is 3.65. The molecule has 0 radical (unpaired) electrons. The number of fused-ring (bicyclic) bond motifs is 2. The van der Waals surface area contributed by atoms with Crippen LogP contribution in [0.1, 0.15) is 28.8 Å². The second kappa shape index (κ2) is 6.97. The maximum Gasteiger partial charge on any atom is 0.315 e. The zero-order chi connectivity index (χ0) is 17.1. The van der Waals surface area contributed by atoms with Gasteiger partial charge in [-0.05, 0) is 48.1 Å². The minimum atomic E-state index is -0.135. The molecule has 128 valence electrons. The fourth-order valence-electron chi connectivity index (χ4n) is 3.39. The quantitative estimate of drug-likeness (QED) is 0.754. The van der Waals surface area contributed by atoms with E-state index >= 15 is 0 Å². The maximum atomic E-state index is 12.0. The van der Waals surface area contributed by atoms with Crippen LogP contribution in [0.2, 0.25) is 0 Å². The lowest BCUT2D eigenvalue weighted by atomic mass is 10.1. The van der Waals surface area contributed by atoms with Gasteiger partial charge in [-0.1, -0.05) is 24.3 Å². The molecule has 2 aromatic heterocycles. The summed E-state index contributed by atoms with van der Waals surface area (Å²) in [4.78, 5) is 16.5. The van der Waals surface area contributed by atoms with Gasteiger partial charge in [0, 0.05) is 31.9 Å². The number of nitrogens with zero attached hydrogens (tertiary/aromatic N) is 2. The SMILES string of the molecule is O=C(NCCc1cn2ccccc2n1)NCc1ccc2c(c1)CCC2. The topological polar surface area (TPSA) is 58.4 Å². The number of imidazole rings is 1. The molecular weight excluding hydrogens is 312 g/mol. The van der Waals surface area contributed by atoms with Gasteiger partial charge in [-0.15, -0.1) is 0 Å². The highest BCUT2D eigenvalue weighted by Gasteiger charge is 2.11. The molecule has 2 heterocycles. The van der Waals surface area contributed by atoms with Crippen LogP contribution < -0.4 is 10.6 Å². The monoisotopic (exact) mass is 334 g/mol. The molecule has 0 saturated heterocycles. The first kappa shape index (κ1) is 15.7. The van der Waals surface area contributed by atoms with Crippen molar-refractivity contribution >= 4 is 11.7 Å². The van der Waals surface area contributed by atoms with Gasteiger partial charge < -0.3 is 15.0 Å². The molecule has 1 aliphatic carbocycles. The van der Waals surface area contributed by atoms with E-state index in [0.29, 0.717) is 19.5 Å². The van der Waals surface area contributed by atoms with Crippen molar-refractivity contribution in [1.29, 1.82) is 0 Å². The number of hydrogen-bond donors (Lipinski definition) is 2. The average molecular weight is 334 g/mol. The van der Waals surface area contributed by atoms with E-state index in [1.54, 1.807) is 0 Å². The Bertz CT molecular complexity index is 867. The molecular formula is C20H22N4O. The normalized spacial score (nSPS) is 13.0. The van der Waals surface area contributed by atoms with Gasteiger partial charge in [0.15, 0.2) is 0 Å². The predicted octanol–water partition coefficient (Wildman–Crippen LogP) is 2.86. The predicted molar refractivity (Wildman–Crippen MR) is 97.6 cm³/mol. The van der Waals surface area contributed by atoms with Crippen molar-refractivity contribution in [3.63, 3.8) is 0 Å². The van der Waals surface area contributed by atoms with Crippen molar-refractivity contribution in [2.24, 2.45) is 0 Å². The molecule has 2 N–H and O–H groups in total. The van der Waals surface area contributed by atoms with E-state index in [1.165, 1.54) is 24.0 Å². The van der Waals surface area contributed by atoms with Crippen molar-refractivity contribution in [3.8, 4) is 0 Å². The number of carbonyl (C=O) groups excluding carboxylic acids is 1. The first-order valence-corrected chi connectivity index (χ1v) is 8.83.